The third kappa shape index (κ3) is 3.76. The molecule has 1 heterocycles. The number of hydrogen-bond acceptors (Lipinski definition) is 4. The lowest BCUT2D eigenvalue weighted by molar-refractivity contribution is -0.179. The number of nitrogens with one attached hydrogen (secondary N) is 1. The van der Waals surface area contributed by atoms with E-state index in [0.717, 1.165) is 57.6 Å². The van der Waals surface area contributed by atoms with Gasteiger partial charge >= 0.3 is 0 Å². The highest BCUT2D eigenvalue weighted by molar-refractivity contribution is 5.27. The van der Waals surface area contributed by atoms with Gasteiger partial charge in [0.15, 0.2) is 5.79 Å². The van der Waals surface area contributed by atoms with Crippen LogP contribution in [-0.2, 0) is 15.9 Å². The maximum Gasteiger partial charge on any atom is 0.168 e. The summed E-state index contributed by atoms with van der Waals surface area (Å²) < 4.78 is 16.7. The van der Waals surface area contributed by atoms with Gasteiger partial charge in [0.1, 0.15) is 5.75 Å². The Kier molecular flexibility index (Phi) is 4.78. The molecule has 1 saturated heterocycles. The van der Waals surface area contributed by atoms with Crippen molar-refractivity contribution in [2.75, 3.05) is 26.9 Å². The first kappa shape index (κ1) is 14.8. The fraction of sp³-hybridized carbons (Fsp3) is 0.647. The summed E-state index contributed by atoms with van der Waals surface area (Å²) in [4.78, 5) is 0. The molecule has 0 aromatic heterocycles. The van der Waals surface area contributed by atoms with Crippen molar-refractivity contribution < 1.29 is 14.2 Å². The number of rotatable bonds is 5. The van der Waals surface area contributed by atoms with E-state index >= 15 is 0 Å². The monoisotopic (exact) mass is 291 g/mol. The van der Waals surface area contributed by atoms with Crippen LogP contribution in [0.15, 0.2) is 24.3 Å². The van der Waals surface area contributed by atoms with E-state index in [1.807, 2.05) is 12.1 Å². The molecule has 2 fully saturated rings. The Hall–Kier alpha value is -1.10. The molecule has 1 aliphatic heterocycles. The Morgan fingerprint density at radius 1 is 1.14 bits per heavy atom. The van der Waals surface area contributed by atoms with E-state index in [4.69, 9.17) is 14.2 Å². The Morgan fingerprint density at radius 3 is 2.43 bits per heavy atom. The summed E-state index contributed by atoms with van der Waals surface area (Å²) in [5.74, 6) is 0.676. The second-order valence-corrected chi connectivity index (χ2v) is 5.93. The highest BCUT2D eigenvalue weighted by Gasteiger charge is 2.39. The van der Waals surface area contributed by atoms with Crippen LogP contribution >= 0.6 is 0 Å². The van der Waals surface area contributed by atoms with Crippen LogP contribution in [-0.4, -0.2) is 38.7 Å². The van der Waals surface area contributed by atoms with Crippen molar-refractivity contribution in [3.05, 3.63) is 29.8 Å². The maximum absolute atomic E-state index is 5.76. The molecule has 0 atom stereocenters. The van der Waals surface area contributed by atoms with Gasteiger partial charge in [0, 0.05) is 18.9 Å². The zero-order chi connectivity index (χ0) is 14.5. The molecule has 1 N–H and O–H groups in total. The van der Waals surface area contributed by atoms with Crippen LogP contribution in [0.3, 0.4) is 0 Å². The highest BCUT2D eigenvalue weighted by atomic mass is 16.7. The van der Waals surface area contributed by atoms with Crippen LogP contribution < -0.4 is 10.1 Å². The van der Waals surface area contributed by atoms with Gasteiger partial charge in [-0.15, -0.1) is 0 Å². The first-order valence-corrected chi connectivity index (χ1v) is 7.94. The Labute approximate surface area is 126 Å². The first-order chi connectivity index (χ1) is 10.3. The fourth-order valence-corrected chi connectivity index (χ4v) is 3.26. The van der Waals surface area contributed by atoms with E-state index in [2.05, 4.69) is 17.4 Å². The third-order valence-corrected chi connectivity index (χ3v) is 4.57. The van der Waals surface area contributed by atoms with Crippen molar-refractivity contribution >= 4 is 0 Å². The summed E-state index contributed by atoms with van der Waals surface area (Å²) in [6, 6.07) is 8.91. The normalized spacial score (nSPS) is 21.8. The van der Waals surface area contributed by atoms with E-state index < -0.39 is 0 Å². The molecule has 0 unspecified atom stereocenters. The van der Waals surface area contributed by atoms with Crippen LogP contribution in [0.4, 0.5) is 0 Å². The Balaban J connectivity index is 1.38. The first-order valence-electron chi connectivity index (χ1n) is 7.94. The zero-order valence-electron chi connectivity index (χ0n) is 12.8. The molecule has 1 aliphatic carbocycles. The van der Waals surface area contributed by atoms with Crippen molar-refractivity contribution in [1.82, 2.24) is 5.32 Å². The summed E-state index contributed by atoms with van der Waals surface area (Å²) in [5, 5.41) is 3.66. The molecule has 4 nitrogen and oxygen atoms in total. The van der Waals surface area contributed by atoms with E-state index in [1.54, 1.807) is 7.11 Å². The molecule has 21 heavy (non-hydrogen) atoms. The number of benzene rings is 1. The Morgan fingerprint density at radius 2 is 1.81 bits per heavy atom. The lowest BCUT2D eigenvalue weighted by Gasteiger charge is -2.35. The van der Waals surface area contributed by atoms with Gasteiger partial charge in [0.05, 0.1) is 20.3 Å². The number of methoxy groups -OCH3 is 1. The van der Waals surface area contributed by atoms with Gasteiger partial charge in [-0.3, -0.25) is 0 Å². The van der Waals surface area contributed by atoms with Gasteiger partial charge in [-0.05, 0) is 43.5 Å². The molecule has 0 radical (unpaired) electrons. The molecule has 4 heteroatoms. The highest BCUT2D eigenvalue weighted by Crippen LogP contribution is 2.35. The van der Waals surface area contributed by atoms with Crippen LogP contribution in [0.1, 0.15) is 31.2 Å². The molecule has 0 amide bonds. The summed E-state index contributed by atoms with van der Waals surface area (Å²) in [7, 11) is 1.70. The van der Waals surface area contributed by atoms with E-state index in [9.17, 15) is 0 Å². The van der Waals surface area contributed by atoms with Crippen LogP contribution in [0, 0.1) is 0 Å². The zero-order valence-corrected chi connectivity index (χ0v) is 12.8. The van der Waals surface area contributed by atoms with Gasteiger partial charge in [0.2, 0.25) is 0 Å². The van der Waals surface area contributed by atoms with Crippen molar-refractivity contribution in [3.63, 3.8) is 0 Å². The second-order valence-electron chi connectivity index (χ2n) is 5.93. The molecule has 1 spiro atoms. The number of ether oxygens (including phenoxy) is 3. The summed E-state index contributed by atoms with van der Waals surface area (Å²) in [5.41, 5.74) is 1.35. The molecule has 1 aromatic rings. The lowest BCUT2D eigenvalue weighted by Crippen LogP contribution is -2.42. The molecular weight excluding hydrogens is 266 g/mol. The minimum Gasteiger partial charge on any atom is -0.497 e. The molecular formula is C17H25NO3. The van der Waals surface area contributed by atoms with Crippen molar-refractivity contribution in [2.24, 2.45) is 0 Å². The van der Waals surface area contributed by atoms with Gasteiger partial charge in [-0.1, -0.05) is 12.1 Å². The average molecular weight is 291 g/mol. The van der Waals surface area contributed by atoms with Crippen molar-refractivity contribution in [1.29, 1.82) is 0 Å². The molecule has 2 aliphatic rings. The van der Waals surface area contributed by atoms with Crippen LogP contribution in [0.2, 0.25) is 0 Å². The summed E-state index contributed by atoms with van der Waals surface area (Å²) >= 11 is 0. The Bertz CT molecular complexity index is 430. The third-order valence-electron chi connectivity index (χ3n) is 4.57. The van der Waals surface area contributed by atoms with Gasteiger partial charge in [-0.2, -0.15) is 0 Å². The van der Waals surface area contributed by atoms with E-state index in [1.165, 1.54) is 5.56 Å². The summed E-state index contributed by atoms with van der Waals surface area (Å²) in [6.45, 7) is 2.54. The quantitative estimate of drug-likeness (QED) is 0.905. The second kappa shape index (κ2) is 6.77. The van der Waals surface area contributed by atoms with Gasteiger partial charge in [0.25, 0.3) is 0 Å². The minimum absolute atomic E-state index is 0.242. The predicted octanol–water partition coefficient (Wildman–Crippen LogP) is 2.51. The van der Waals surface area contributed by atoms with Gasteiger partial charge in [-0.25, -0.2) is 0 Å². The van der Waals surface area contributed by atoms with Crippen molar-refractivity contribution in [2.45, 2.75) is 43.9 Å². The van der Waals surface area contributed by atoms with E-state index in [-0.39, 0.29) is 5.79 Å². The fourth-order valence-electron chi connectivity index (χ4n) is 3.26. The smallest absolute Gasteiger partial charge is 0.168 e. The van der Waals surface area contributed by atoms with E-state index in [0.29, 0.717) is 6.04 Å². The standard InChI is InChI=1S/C17H25NO3/c1-19-16-4-2-14(3-5-16)8-11-18-15-6-9-17(10-7-15)20-12-13-21-17/h2-5,15,18H,6-13H2,1H3. The average Bonchev–Trinajstić information content (AvgIpc) is 2.98. The molecule has 1 saturated carbocycles. The summed E-state index contributed by atoms with van der Waals surface area (Å²) in [6.07, 6.45) is 5.38. The van der Waals surface area contributed by atoms with Crippen LogP contribution in [0.5, 0.6) is 5.75 Å². The topological polar surface area (TPSA) is 39.7 Å². The maximum atomic E-state index is 5.76. The largest absolute Gasteiger partial charge is 0.497 e. The van der Waals surface area contributed by atoms with Crippen molar-refractivity contribution in [3.8, 4) is 5.75 Å². The molecule has 1 aromatic carbocycles. The van der Waals surface area contributed by atoms with Gasteiger partial charge < -0.3 is 19.5 Å². The lowest BCUT2D eigenvalue weighted by atomic mass is 9.90. The molecule has 3 rings (SSSR count). The predicted molar refractivity (Wildman–Crippen MR) is 81.6 cm³/mol. The van der Waals surface area contributed by atoms with Crippen LogP contribution in [0.25, 0.3) is 0 Å². The SMILES string of the molecule is COc1ccc(CCNC2CCC3(CC2)OCCO3)cc1. The number of hydrogen-bond donors (Lipinski definition) is 1. The minimum atomic E-state index is -0.242. The molecule has 116 valence electrons. The molecule has 0 bridgehead atoms.